The van der Waals surface area contributed by atoms with Crippen LogP contribution in [0.15, 0.2) is 30.3 Å². The van der Waals surface area contributed by atoms with Crippen LogP contribution < -0.4 is 0 Å². The number of hydrogen-bond acceptors (Lipinski definition) is 0. The van der Waals surface area contributed by atoms with Crippen LogP contribution >= 0.6 is 0 Å². The molecule has 1 nitrogen and oxygen atoms in total. The van der Waals surface area contributed by atoms with Crippen LogP contribution in [-0.4, -0.2) is 17.3 Å². The van der Waals surface area contributed by atoms with E-state index < -0.39 is 0 Å². The van der Waals surface area contributed by atoms with Gasteiger partial charge in [-0.05, 0) is 25.0 Å². The molecule has 1 aromatic carbocycles. The molecular formula is C14H13N. The number of para-hydroxylation sites is 1. The number of hydrogen-bond donors (Lipinski definition) is 0. The van der Waals surface area contributed by atoms with E-state index in [0.717, 1.165) is 5.69 Å². The molecule has 0 radical (unpaired) electrons. The van der Waals surface area contributed by atoms with Gasteiger partial charge < -0.3 is 0 Å². The van der Waals surface area contributed by atoms with Crippen molar-refractivity contribution in [3.63, 3.8) is 0 Å². The predicted octanol–water partition coefficient (Wildman–Crippen LogP) is 2.33. The van der Waals surface area contributed by atoms with E-state index in [1.807, 2.05) is 41.8 Å². The molecule has 74 valence electrons. The zero-order valence-corrected chi connectivity index (χ0v) is 9.04. The van der Waals surface area contributed by atoms with Gasteiger partial charge in [0.1, 0.15) is 5.69 Å². The molecular weight excluding hydrogens is 182 g/mol. The van der Waals surface area contributed by atoms with Crippen molar-refractivity contribution < 1.29 is 4.58 Å². The second kappa shape index (κ2) is 6.46. The van der Waals surface area contributed by atoms with Gasteiger partial charge in [-0.2, -0.15) is 5.92 Å². The lowest BCUT2D eigenvalue weighted by Gasteiger charge is -2.03. The standard InChI is InChI=1S/C14H13N/c1-3-5-12-15(13-6-4-2)14-10-8-7-9-11-14/h7-11H,12H2,1-2H3. The monoisotopic (exact) mass is 195 g/mol. The number of benzene rings is 1. The van der Waals surface area contributed by atoms with E-state index in [2.05, 4.69) is 29.9 Å². The van der Waals surface area contributed by atoms with Crippen LogP contribution in [0.1, 0.15) is 13.8 Å². The predicted molar refractivity (Wildman–Crippen MR) is 63.1 cm³/mol. The molecule has 15 heavy (non-hydrogen) atoms. The van der Waals surface area contributed by atoms with E-state index in [1.54, 1.807) is 6.92 Å². The quantitative estimate of drug-likeness (QED) is 0.295. The first-order valence-corrected chi connectivity index (χ1v) is 4.78. The van der Waals surface area contributed by atoms with Crippen molar-refractivity contribution in [2.45, 2.75) is 13.8 Å². The maximum absolute atomic E-state index is 3.00. The Kier molecular flexibility index (Phi) is 4.78. The van der Waals surface area contributed by atoms with Crippen molar-refractivity contribution in [1.82, 2.24) is 0 Å². The summed E-state index contributed by atoms with van der Waals surface area (Å²) in [5.41, 5.74) is 1.06. The Morgan fingerprint density at radius 3 is 2.47 bits per heavy atom. The van der Waals surface area contributed by atoms with Crippen molar-refractivity contribution in [2.24, 2.45) is 0 Å². The lowest BCUT2D eigenvalue weighted by molar-refractivity contribution is -0.419. The van der Waals surface area contributed by atoms with Crippen LogP contribution in [0.3, 0.4) is 0 Å². The van der Waals surface area contributed by atoms with Gasteiger partial charge in [-0.15, -0.1) is 5.92 Å². The van der Waals surface area contributed by atoms with E-state index in [9.17, 15) is 0 Å². The molecule has 0 heterocycles. The third-order valence-corrected chi connectivity index (χ3v) is 1.80. The van der Waals surface area contributed by atoms with Gasteiger partial charge in [-0.3, -0.25) is 4.58 Å². The topological polar surface area (TPSA) is 3.01 Å². The van der Waals surface area contributed by atoms with Crippen LogP contribution in [0.5, 0.6) is 0 Å². The Labute approximate surface area is 91.5 Å². The second-order valence-electron chi connectivity index (χ2n) is 2.84. The van der Waals surface area contributed by atoms with Gasteiger partial charge in [0, 0.05) is 0 Å². The second-order valence-corrected chi connectivity index (χ2v) is 2.84. The Morgan fingerprint density at radius 1 is 1.13 bits per heavy atom. The van der Waals surface area contributed by atoms with Crippen molar-refractivity contribution in [3.8, 4) is 23.7 Å². The van der Waals surface area contributed by atoms with Gasteiger partial charge in [0.05, 0.1) is 0 Å². The summed E-state index contributed by atoms with van der Waals surface area (Å²) in [5.74, 6) is 11.5. The summed E-state index contributed by atoms with van der Waals surface area (Å²) >= 11 is 0. The average Bonchev–Trinajstić information content (AvgIpc) is 2.30. The molecule has 0 atom stereocenters. The summed E-state index contributed by atoms with van der Waals surface area (Å²) in [4.78, 5) is 0. The molecule has 0 aliphatic carbocycles. The molecule has 0 fully saturated rings. The first-order valence-electron chi connectivity index (χ1n) is 4.78. The number of nitrogens with zero attached hydrogens (tertiary/aromatic N) is 1. The van der Waals surface area contributed by atoms with E-state index in [-0.39, 0.29) is 0 Å². The maximum atomic E-state index is 3.00. The van der Waals surface area contributed by atoms with Crippen LogP contribution in [-0.2, 0) is 0 Å². The molecule has 0 unspecified atom stereocenters. The fourth-order valence-electron chi connectivity index (χ4n) is 1.08. The highest BCUT2D eigenvalue weighted by Crippen LogP contribution is 2.08. The minimum Gasteiger partial charge on any atom is -0.285 e. The van der Waals surface area contributed by atoms with E-state index in [0.29, 0.717) is 6.54 Å². The summed E-state index contributed by atoms with van der Waals surface area (Å²) in [6.45, 7) is 4.24. The Morgan fingerprint density at radius 2 is 1.87 bits per heavy atom. The van der Waals surface area contributed by atoms with Crippen LogP contribution in [0.25, 0.3) is 0 Å². The zero-order chi connectivity index (χ0) is 10.9. The summed E-state index contributed by atoms with van der Waals surface area (Å²) in [6.07, 6.45) is 2.99. The van der Waals surface area contributed by atoms with E-state index >= 15 is 0 Å². The van der Waals surface area contributed by atoms with Crippen molar-refractivity contribution >= 4 is 11.9 Å². The van der Waals surface area contributed by atoms with Crippen molar-refractivity contribution in [1.29, 1.82) is 0 Å². The summed E-state index contributed by atoms with van der Waals surface area (Å²) < 4.78 is 1.91. The van der Waals surface area contributed by atoms with Crippen molar-refractivity contribution in [2.75, 3.05) is 6.54 Å². The smallest absolute Gasteiger partial charge is 0.188 e. The molecule has 0 saturated heterocycles. The SMILES string of the molecule is CC#C[C-]=[N+](CC#CC)c1ccccc1. The summed E-state index contributed by atoms with van der Waals surface area (Å²) in [5, 5.41) is 0. The molecule has 0 aliphatic heterocycles. The van der Waals surface area contributed by atoms with Gasteiger partial charge in [-0.1, -0.05) is 25.1 Å². The molecule has 1 rings (SSSR count). The fraction of sp³-hybridized carbons (Fsp3) is 0.214. The Bertz CT molecular complexity index is 447. The zero-order valence-electron chi connectivity index (χ0n) is 9.04. The van der Waals surface area contributed by atoms with Gasteiger partial charge in [0.25, 0.3) is 0 Å². The highest BCUT2D eigenvalue weighted by molar-refractivity contribution is 5.74. The minimum absolute atomic E-state index is 0.620. The van der Waals surface area contributed by atoms with Crippen LogP contribution in [0.4, 0.5) is 5.69 Å². The lowest BCUT2D eigenvalue weighted by atomic mass is 10.3. The summed E-state index contributed by atoms with van der Waals surface area (Å²) in [6, 6.07) is 9.99. The van der Waals surface area contributed by atoms with E-state index in [4.69, 9.17) is 0 Å². The van der Waals surface area contributed by atoms with Gasteiger partial charge >= 0.3 is 0 Å². The first kappa shape index (κ1) is 11.1. The van der Waals surface area contributed by atoms with Gasteiger partial charge in [-0.25, -0.2) is 5.92 Å². The molecule has 1 heteroatoms. The largest absolute Gasteiger partial charge is 0.285 e. The molecule has 0 bridgehead atoms. The number of rotatable bonds is 2. The molecule has 0 amide bonds. The lowest BCUT2D eigenvalue weighted by Crippen LogP contribution is -2.06. The van der Waals surface area contributed by atoms with Crippen LogP contribution in [0.2, 0.25) is 0 Å². The molecule has 0 spiro atoms. The van der Waals surface area contributed by atoms with Gasteiger partial charge in [0.15, 0.2) is 12.8 Å². The third-order valence-electron chi connectivity index (χ3n) is 1.80. The highest BCUT2D eigenvalue weighted by Gasteiger charge is 1.97. The van der Waals surface area contributed by atoms with Gasteiger partial charge in [0.2, 0.25) is 0 Å². The Balaban J connectivity index is 2.98. The first-order chi connectivity index (χ1) is 7.38. The molecule has 0 saturated carbocycles. The molecule has 1 aromatic rings. The normalized spacial score (nSPS) is 9.60. The molecule has 0 aromatic heterocycles. The van der Waals surface area contributed by atoms with E-state index in [1.165, 1.54) is 0 Å². The molecule has 0 N–H and O–H groups in total. The summed E-state index contributed by atoms with van der Waals surface area (Å²) in [7, 11) is 0. The molecule has 0 aliphatic rings. The van der Waals surface area contributed by atoms with Crippen molar-refractivity contribution in [3.05, 3.63) is 30.3 Å². The van der Waals surface area contributed by atoms with Crippen LogP contribution in [0, 0.1) is 23.7 Å². The maximum Gasteiger partial charge on any atom is 0.188 e. The minimum atomic E-state index is 0.620. The fourth-order valence-corrected chi connectivity index (χ4v) is 1.08. The highest BCUT2D eigenvalue weighted by atomic mass is 15.0. The Hall–Kier alpha value is -1.99. The third kappa shape index (κ3) is 3.71. The average molecular weight is 195 g/mol.